The van der Waals surface area contributed by atoms with Gasteiger partial charge in [-0.3, -0.25) is 4.79 Å². The van der Waals surface area contributed by atoms with Crippen molar-refractivity contribution in [2.24, 2.45) is 0 Å². The highest BCUT2D eigenvalue weighted by Crippen LogP contribution is 2.44. The van der Waals surface area contributed by atoms with Crippen LogP contribution in [0.15, 0.2) is 66.3 Å². The van der Waals surface area contributed by atoms with Gasteiger partial charge in [-0.25, -0.2) is 4.39 Å². The number of ether oxygens (including phenoxy) is 1. The van der Waals surface area contributed by atoms with E-state index in [1.54, 1.807) is 18.2 Å². The zero-order chi connectivity index (χ0) is 21.9. The van der Waals surface area contributed by atoms with Gasteiger partial charge in [-0.1, -0.05) is 42.5 Å². The minimum absolute atomic E-state index is 0.0974. The summed E-state index contributed by atoms with van der Waals surface area (Å²) in [4.78, 5) is 10.7. The molecule has 6 heteroatoms. The Kier molecular flexibility index (Phi) is 6.39. The van der Waals surface area contributed by atoms with Gasteiger partial charge in [0.1, 0.15) is 17.2 Å². The number of fused-ring (bicyclic) bond motifs is 1. The third-order valence-corrected chi connectivity index (χ3v) is 4.98. The molecular weight excluding hydrogens is 387 g/mol. The largest absolute Gasteiger partial charge is 0.482 e. The van der Waals surface area contributed by atoms with E-state index in [4.69, 9.17) is 9.84 Å². The van der Waals surface area contributed by atoms with Gasteiger partial charge >= 0.3 is 5.97 Å². The molecule has 1 heterocycles. The van der Waals surface area contributed by atoms with E-state index in [9.17, 15) is 19.4 Å². The molecule has 0 amide bonds. The first-order valence-electron chi connectivity index (χ1n) is 9.72. The summed E-state index contributed by atoms with van der Waals surface area (Å²) in [5, 5.41) is 28.8. The zero-order valence-corrected chi connectivity index (χ0v) is 16.9. The Balaban J connectivity index is 2.03. The lowest BCUT2D eigenvalue weighted by Gasteiger charge is -2.36. The van der Waals surface area contributed by atoms with Crippen molar-refractivity contribution in [3.05, 3.63) is 83.2 Å². The van der Waals surface area contributed by atoms with Crippen LogP contribution < -0.4 is 4.74 Å². The molecule has 0 radical (unpaired) electrons. The number of para-hydroxylation sites is 1. The second-order valence-corrected chi connectivity index (χ2v) is 7.82. The fourth-order valence-electron chi connectivity index (χ4n) is 3.60. The van der Waals surface area contributed by atoms with Crippen LogP contribution in [0.3, 0.4) is 0 Å². The molecule has 0 spiro atoms. The lowest BCUT2D eigenvalue weighted by Crippen LogP contribution is -2.34. The quantitative estimate of drug-likeness (QED) is 0.641. The molecule has 2 atom stereocenters. The third kappa shape index (κ3) is 4.96. The fourth-order valence-corrected chi connectivity index (χ4v) is 3.60. The Labute approximate surface area is 174 Å². The summed E-state index contributed by atoms with van der Waals surface area (Å²) in [6.45, 7) is 3.80. The lowest BCUT2D eigenvalue weighted by atomic mass is 9.82. The summed E-state index contributed by atoms with van der Waals surface area (Å²) >= 11 is 0. The van der Waals surface area contributed by atoms with E-state index in [2.05, 4.69) is 0 Å². The molecule has 0 saturated carbocycles. The zero-order valence-electron chi connectivity index (χ0n) is 16.9. The van der Waals surface area contributed by atoms with Crippen molar-refractivity contribution < 1.29 is 29.2 Å². The normalized spacial score (nSPS) is 17.4. The van der Waals surface area contributed by atoms with Gasteiger partial charge in [-0.05, 0) is 43.2 Å². The topological polar surface area (TPSA) is 87.0 Å². The van der Waals surface area contributed by atoms with Crippen molar-refractivity contribution in [3.8, 4) is 5.75 Å². The van der Waals surface area contributed by atoms with Gasteiger partial charge in [0.15, 0.2) is 0 Å². The van der Waals surface area contributed by atoms with Gasteiger partial charge in [0.25, 0.3) is 0 Å². The highest BCUT2D eigenvalue weighted by molar-refractivity contribution is 5.88. The Hall–Kier alpha value is -2.96. The molecule has 30 heavy (non-hydrogen) atoms. The molecular formula is C24H25FO5. The fraction of sp³-hybridized carbons (Fsp3) is 0.292. The second-order valence-electron chi connectivity index (χ2n) is 7.82. The molecule has 0 saturated heterocycles. The standard InChI is InChI=1S/C24H25FO5/c1-24(2)20(12-11-17(26)13-18(27)14-22(28)29)23(15-7-9-16(25)10-8-15)19-5-3-4-6-21(19)30-24/h3-12,17-18,26-27H,13-14H2,1-2H3,(H,28,29)/b12-11+. The minimum atomic E-state index is -1.15. The molecule has 0 aromatic heterocycles. The second kappa shape index (κ2) is 8.81. The van der Waals surface area contributed by atoms with E-state index in [0.29, 0.717) is 5.75 Å². The number of aliphatic hydroxyl groups is 2. The molecule has 0 fully saturated rings. The number of halogens is 1. The van der Waals surface area contributed by atoms with Crippen LogP contribution in [0.5, 0.6) is 5.75 Å². The van der Waals surface area contributed by atoms with Crippen molar-refractivity contribution in [1.29, 1.82) is 0 Å². The van der Waals surface area contributed by atoms with Crippen molar-refractivity contribution >= 4 is 11.5 Å². The summed E-state index contributed by atoms with van der Waals surface area (Å²) in [6.07, 6.45) is 0.532. The van der Waals surface area contributed by atoms with Gasteiger partial charge in [-0.2, -0.15) is 0 Å². The number of rotatable bonds is 7. The smallest absolute Gasteiger partial charge is 0.305 e. The Bertz CT molecular complexity index is 975. The number of benzene rings is 2. The highest BCUT2D eigenvalue weighted by Gasteiger charge is 2.34. The van der Waals surface area contributed by atoms with Crippen LogP contribution in [0.2, 0.25) is 0 Å². The first kappa shape index (κ1) is 21.7. The van der Waals surface area contributed by atoms with Gasteiger partial charge in [0.2, 0.25) is 0 Å². The molecule has 1 aliphatic heterocycles. The van der Waals surface area contributed by atoms with Crippen molar-refractivity contribution in [1.82, 2.24) is 0 Å². The van der Waals surface area contributed by atoms with Crippen LogP contribution in [0.1, 0.15) is 37.8 Å². The van der Waals surface area contributed by atoms with Gasteiger partial charge < -0.3 is 20.1 Å². The Morgan fingerprint density at radius 2 is 1.80 bits per heavy atom. The number of aliphatic hydroxyl groups excluding tert-OH is 2. The summed E-state index contributed by atoms with van der Waals surface area (Å²) in [5.74, 6) is -0.756. The third-order valence-electron chi connectivity index (χ3n) is 4.98. The average molecular weight is 412 g/mol. The van der Waals surface area contributed by atoms with Crippen LogP contribution in [-0.4, -0.2) is 39.1 Å². The number of carboxylic acids is 1. The summed E-state index contributed by atoms with van der Waals surface area (Å²) < 4.78 is 19.7. The summed E-state index contributed by atoms with van der Waals surface area (Å²) in [7, 11) is 0. The van der Waals surface area contributed by atoms with Gasteiger partial charge in [0.05, 0.1) is 18.6 Å². The number of carboxylic acid groups (broad SMARTS) is 1. The maximum absolute atomic E-state index is 13.5. The molecule has 5 nitrogen and oxygen atoms in total. The van der Waals surface area contributed by atoms with E-state index < -0.39 is 30.2 Å². The molecule has 2 aromatic rings. The predicted molar refractivity (Wildman–Crippen MR) is 112 cm³/mol. The van der Waals surface area contributed by atoms with E-state index in [1.165, 1.54) is 18.2 Å². The molecule has 2 unspecified atom stereocenters. The summed E-state index contributed by atoms with van der Waals surface area (Å²) in [6, 6.07) is 13.8. The van der Waals surface area contributed by atoms with Gasteiger partial charge in [-0.15, -0.1) is 0 Å². The minimum Gasteiger partial charge on any atom is -0.482 e. The number of hydrogen-bond acceptors (Lipinski definition) is 4. The first-order chi connectivity index (χ1) is 14.2. The molecule has 1 aliphatic rings. The number of aliphatic carboxylic acids is 1. The number of hydrogen-bond donors (Lipinski definition) is 3. The van der Waals surface area contributed by atoms with Crippen molar-refractivity contribution in [2.75, 3.05) is 0 Å². The van der Waals surface area contributed by atoms with Crippen LogP contribution in [-0.2, 0) is 4.79 Å². The predicted octanol–water partition coefficient (Wildman–Crippen LogP) is 3.94. The van der Waals surface area contributed by atoms with Crippen molar-refractivity contribution in [2.45, 2.75) is 44.5 Å². The van der Waals surface area contributed by atoms with E-state index in [1.807, 2.05) is 38.1 Å². The van der Waals surface area contributed by atoms with Gasteiger partial charge in [0, 0.05) is 17.6 Å². The lowest BCUT2D eigenvalue weighted by molar-refractivity contribution is -0.139. The first-order valence-corrected chi connectivity index (χ1v) is 9.72. The SMILES string of the molecule is CC1(C)Oc2ccccc2C(c2ccc(F)cc2)=C1/C=C/C(O)CC(O)CC(=O)O. The maximum atomic E-state index is 13.5. The van der Waals surface area contributed by atoms with Crippen LogP contribution >= 0.6 is 0 Å². The molecule has 3 N–H and O–H groups in total. The monoisotopic (exact) mass is 412 g/mol. The molecule has 0 bridgehead atoms. The maximum Gasteiger partial charge on any atom is 0.305 e. The highest BCUT2D eigenvalue weighted by atomic mass is 19.1. The van der Waals surface area contributed by atoms with Crippen LogP contribution in [0.25, 0.3) is 5.57 Å². The summed E-state index contributed by atoms with van der Waals surface area (Å²) in [5.41, 5.74) is 2.55. The van der Waals surface area contributed by atoms with Crippen LogP contribution in [0, 0.1) is 5.82 Å². The molecule has 2 aromatic carbocycles. The molecule has 158 valence electrons. The Morgan fingerprint density at radius 3 is 2.47 bits per heavy atom. The van der Waals surface area contributed by atoms with E-state index in [-0.39, 0.29) is 12.2 Å². The Morgan fingerprint density at radius 1 is 1.13 bits per heavy atom. The van der Waals surface area contributed by atoms with E-state index >= 15 is 0 Å². The molecule has 3 rings (SSSR count). The average Bonchev–Trinajstić information content (AvgIpc) is 2.65. The van der Waals surface area contributed by atoms with Crippen molar-refractivity contribution in [3.63, 3.8) is 0 Å². The van der Waals surface area contributed by atoms with Crippen LogP contribution in [0.4, 0.5) is 4.39 Å². The molecule has 0 aliphatic carbocycles. The van der Waals surface area contributed by atoms with E-state index in [0.717, 1.165) is 22.3 Å². The number of carbonyl (C=O) groups is 1.